The summed E-state index contributed by atoms with van der Waals surface area (Å²) in [6.07, 6.45) is 7.92. The third-order valence-corrected chi connectivity index (χ3v) is 5.44. The van der Waals surface area contributed by atoms with E-state index in [2.05, 4.69) is 42.5 Å². The van der Waals surface area contributed by atoms with Crippen LogP contribution in [0.25, 0.3) is 10.8 Å². The molecule has 2 aliphatic rings. The molecule has 2 saturated carbocycles. The predicted octanol–water partition coefficient (Wildman–Crippen LogP) is 4.59. The Kier molecular flexibility index (Phi) is 2.85. The highest BCUT2D eigenvalue weighted by atomic mass is 14.8. The van der Waals surface area contributed by atoms with Crippen molar-refractivity contribution in [1.29, 1.82) is 0 Å². The van der Waals surface area contributed by atoms with E-state index in [4.69, 9.17) is 5.73 Å². The first-order valence-electron chi connectivity index (χ1n) is 8.03. The molecular weight excluding hydrogens is 242 g/mol. The molecule has 1 nitrogen and oxygen atoms in total. The molecule has 2 N–H and O–H groups in total. The molecule has 0 amide bonds. The topological polar surface area (TPSA) is 26.0 Å². The second-order valence-electron chi connectivity index (χ2n) is 6.91. The van der Waals surface area contributed by atoms with Crippen LogP contribution in [0.1, 0.15) is 44.1 Å². The molecule has 104 valence electrons. The Bertz CT molecular complexity index is 628. The number of hydrogen-bond acceptors (Lipinski definition) is 1. The average Bonchev–Trinajstić information content (AvgIpc) is 3.31. The fraction of sp³-hybridized carbons (Fsp3) is 0.474. The maximum Gasteiger partial charge on any atom is 0.0412 e. The summed E-state index contributed by atoms with van der Waals surface area (Å²) in [6, 6.07) is 15.4. The zero-order valence-corrected chi connectivity index (χ0v) is 12.0. The van der Waals surface area contributed by atoms with Crippen molar-refractivity contribution >= 4 is 10.8 Å². The van der Waals surface area contributed by atoms with Gasteiger partial charge in [0.2, 0.25) is 0 Å². The first-order valence-corrected chi connectivity index (χ1v) is 8.03. The van der Waals surface area contributed by atoms with Gasteiger partial charge in [-0.3, -0.25) is 0 Å². The Morgan fingerprint density at radius 1 is 0.900 bits per heavy atom. The largest absolute Gasteiger partial charge is 0.321 e. The van der Waals surface area contributed by atoms with Gasteiger partial charge in [0, 0.05) is 5.54 Å². The van der Waals surface area contributed by atoms with Crippen LogP contribution in [0.15, 0.2) is 42.5 Å². The fourth-order valence-electron chi connectivity index (χ4n) is 4.08. The molecule has 2 aromatic rings. The SMILES string of the molecule is NC1(c2ccc3ccccc3c2)CCCC(C2CC2)C1. The Balaban J connectivity index is 1.69. The van der Waals surface area contributed by atoms with Gasteiger partial charge in [0.05, 0.1) is 0 Å². The van der Waals surface area contributed by atoms with E-state index in [0.717, 1.165) is 18.3 Å². The third kappa shape index (κ3) is 2.14. The van der Waals surface area contributed by atoms with Crippen LogP contribution in [-0.4, -0.2) is 0 Å². The molecule has 4 rings (SSSR count). The van der Waals surface area contributed by atoms with Gasteiger partial charge in [-0.1, -0.05) is 49.2 Å². The van der Waals surface area contributed by atoms with E-state index in [-0.39, 0.29) is 5.54 Å². The second kappa shape index (κ2) is 4.60. The van der Waals surface area contributed by atoms with Crippen molar-refractivity contribution in [3.05, 3.63) is 48.0 Å². The molecule has 0 aliphatic heterocycles. The van der Waals surface area contributed by atoms with Gasteiger partial charge in [-0.2, -0.15) is 0 Å². The Morgan fingerprint density at radius 3 is 2.50 bits per heavy atom. The summed E-state index contributed by atoms with van der Waals surface area (Å²) in [6.45, 7) is 0. The van der Waals surface area contributed by atoms with Gasteiger partial charge in [-0.15, -0.1) is 0 Å². The fourth-order valence-corrected chi connectivity index (χ4v) is 4.08. The van der Waals surface area contributed by atoms with Crippen LogP contribution in [0.3, 0.4) is 0 Å². The van der Waals surface area contributed by atoms with E-state index < -0.39 is 0 Å². The standard InChI is InChI=1S/C19H23N/c20-19(11-3-6-17(13-19)15-7-8-15)18-10-9-14-4-1-2-5-16(14)12-18/h1-2,4-5,9-10,12,15,17H,3,6-8,11,13,20H2. The summed E-state index contributed by atoms with van der Waals surface area (Å²) in [7, 11) is 0. The molecule has 0 aromatic heterocycles. The van der Waals surface area contributed by atoms with Gasteiger partial charge in [0.1, 0.15) is 0 Å². The normalized spacial score (nSPS) is 30.6. The number of nitrogens with two attached hydrogens (primary N) is 1. The van der Waals surface area contributed by atoms with Crippen LogP contribution in [0.2, 0.25) is 0 Å². The van der Waals surface area contributed by atoms with Crippen LogP contribution < -0.4 is 5.73 Å². The van der Waals surface area contributed by atoms with Crippen LogP contribution in [0, 0.1) is 11.8 Å². The third-order valence-electron chi connectivity index (χ3n) is 5.44. The summed E-state index contributed by atoms with van der Waals surface area (Å²) < 4.78 is 0. The molecule has 1 heteroatoms. The first-order chi connectivity index (χ1) is 9.74. The minimum atomic E-state index is -0.0878. The maximum atomic E-state index is 6.83. The molecule has 0 spiro atoms. The summed E-state index contributed by atoms with van der Waals surface area (Å²) in [5.74, 6) is 1.86. The molecule has 2 aliphatic carbocycles. The molecule has 0 saturated heterocycles. The van der Waals surface area contributed by atoms with Crippen molar-refractivity contribution in [3.63, 3.8) is 0 Å². The molecule has 2 atom stereocenters. The Labute approximate surface area is 121 Å². The van der Waals surface area contributed by atoms with Crippen molar-refractivity contribution in [2.45, 2.75) is 44.1 Å². The summed E-state index contributed by atoms with van der Waals surface area (Å²) in [5.41, 5.74) is 8.09. The van der Waals surface area contributed by atoms with Crippen LogP contribution in [0.4, 0.5) is 0 Å². The quantitative estimate of drug-likeness (QED) is 0.844. The summed E-state index contributed by atoms with van der Waals surface area (Å²) >= 11 is 0. The van der Waals surface area contributed by atoms with E-state index in [1.165, 1.54) is 48.4 Å². The Hall–Kier alpha value is -1.34. The summed E-state index contributed by atoms with van der Waals surface area (Å²) in [5, 5.41) is 2.64. The number of rotatable bonds is 2. The van der Waals surface area contributed by atoms with Gasteiger partial charge in [-0.25, -0.2) is 0 Å². The molecular formula is C19H23N. The highest BCUT2D eigenvalue weighted by molar-refractivity contribution is 5.83. The van der Waals surface area contributed by atoms with E-state index in [0.29, 0.717) is 0 Å². The lowest BCUT2D eigenvalue weighted by Gasteiger charge is -2.39. The lowest BCUT2D eigenvalue weighted by atomic mass is 9.71. The minimum absolute atomic E-state index is 0.0878. The monoisotopic (exact) mass is 265 g/mol. The van der Waals surface area contributed by atoms with E-state index >= 15 is 0 Å². The van der Waals surface area contributed by atoms with Crippen LogP contribution in [-0.2, 0) is 5.54 Å². The number of fused-ring (bicyclic) bond motifs is 1. The van der Waals surface area contributed by atoms with Crippen molar-refractivity contribution in [2.75, 3.05) is 0 Å². The molecule has 0 heterocycles. The molecule has 2 aromatic carbocycles. The molecule has 20 heavy (non-hydrogen) atoms. The zero-order valence-electron chi connectivity index (χ0n) is 12.0. The number of hydrogen-bond donors (Lipinski definition) is 1. The van der Waals surface area contributed by atoms with E-state index in [1.54, 1.807) is 0 Å². The first kappa shape index (κ1) is 12.4. The lowest BCUT2D eigenvalue weighted by molar-refractivity contribution is 0.207. The van der Waals surface area contributed by atoms with E-state index in [1.807, 2.05) is 0 Å². The smallest absolute Gasteiger partial charge is 0.0412 e. The van der Waals surface area contributed by atoms with Crippen molar-refractivity contribution < 1.29 is 0 Å². The van der Waals surface area contributed by atoms with E-state index in [9.17, 15) is 0 Å². The van der Waals surface area contributed by atoms with Gasteiger partial charge in [0.25, 0.3) is 0 Å². The molecule has 0 bridgehead atoms. The zero-order chi connectivity index (χ0) is 13.6. The number of benzene rings is 2. The van der Waals surface area contributed by atoms with Gasteiger partial charge < -0.3 is 5.73 Å². The Morgan fingerprint density at radius 2 is 1.70 bits per heavy atom. The van der Waals surface area contributed by atoms with Crippen molar-refractivity contribution in [1.82, 2.24) is 0 Å². The van der Waals surface area contributed by atoms with Crippen molar-refractivity contribution in [3.8, 4) is 0 Å². The average molecular weight is 265 g/mol. The maximum absolute atomic E-state index is 6.83. The lowest BCUT2D eigenvalue weighted by Crippen LogP contribution is -2.41. The van der Waals surface area contributed by atoms with Gasteiger partial charge in [-0.05, 0) is 59.9 Å². The molecule has 0 radical (unpaired) electrons. The highest BCUT2D eigenvalue weighted by Gasteiger charge is 2.40. The van der Waals surface area contributed by atoms with Gasteiger partial charge in [0.15, 0.2) is 0 Å². The van der Waals surface area contributed by atoms with Crippen LogP contribution in [0.5, 0.6) is 0 Å². The predicted molar refractivity (Wildman–Crippen MR) is 84.5 cm³/mol. The molecule has 2 unspecified atom stereocenters. The van der Waals surface area contributed by atoms with Gasteiger partial charge >= 0.3 is 0 Å². The second-order valence-corrected chi connectivity index (χ2v) is 6.91. The molecule has 2 fully saturated rings. The summed E-state index contributed by atoms with van der Waals surface area (Å²) in [4.78, 5) is 0. The van der Waals surface area contributed by atoms with Crippen LogP contribution >= 0.6 is 0 Å². The minimum Gasteiger partial charge on any atom is -0.321 e. The highest BCUT2D eigenvalue weighted by Crippen LogP contribution is 2.48. The van der Waals surface area contributed by atoms with Crippen molar-refractivity contribution in [2.24, 2.45) is 17.6 Å².